The molecule has 20 heavy (non-hydrogen) atoms. The van der Waals surface area contributed by atoms with Crippen molar-refractivity contribution < 1.29 is 9.90 Å². The third-order valence-corrected chi connectivity index (χ3v) is 4.79. The van der Waals surface area contributed by atoms with Crippen LogP contribution in [0.25, 0.3) is 10.2 Å². The Balaban J connectivity index is 1.94. The standard InChI is InChI=1S/C15H20N2O2S/c1-10(18)9-16-15(19)13-8-14-12(6-7-20-14)17(13)11-4-2-3-5-11/h6-8,10-11,18H,2-5,9H2,1H3,(H,16,19). The molecule has 1 amide bonds. The summed E-state index contributed by atoms with van der Waals surface area (Å²) in [6.07, 6.45) is 4.26. The zero-order valence-electron chi connectivity index (χ0n) is 11.6. The zero-order chi connectivity index (χ0) is 14.1. The molecule has 2 aromatic heterocycles. The molecule has 2 heterocycles. The molecule has 108 valence electrons. The van der Waals surface area contributed by atoms with Gasteiger partial charge in [-0.3, -0.25) is 4.79 Å². The van der Waals surface area contributed by atoms with Crippen LogP contribution in [0.3, 0.4) is 0 Å². The fourth-order valence-corrected chi connectivity index (χ4v) is 3.82. The van der Waals surface area contributed by atoms with Gasteiger partial charge in [-0.2, -0.15) is 0 Å². The predicted molar refractivity (Wildman–Crippen MR) is 81.3 cm³/mol. The molecule has 0 aliphatic heterocycles. The van der Waals surface area contributed by atoms with E-state index in [4.69, 9.17) is 0 Å². The van der Waals surface area contributed by atoms with E-state index in [0.717, 1.165) is 18.5 Å². The van der Waals surface area contributed by atoms with Gasteiger partial charge in [-0.15, -0.1) is 11.3 Å². The zero-order valence-corrected chi connectivity index (χ0v) is 12.4. The van der Waals surface area contributed by atoms with E-state index in [-0.39, 0.29) is 5.91 Å². The lowest BCUT2D eigenvalue weighted by Gasteiger charge is -2.17. The van der Waals surface area contributed by atoms with E-state index in [0.29, 0.717) is 12.6 Å². The van der Waals surface area contributed by atoms with E-state index in [2.05, 4.69) is 21.3 Å². The first-order valence-corrected chi connectivity index (χ1v) is 8.09. The molecule has 1 atom stereocenters. The lowest BCUT2D eigenvalue weighted by Crippen LogP contribution is -2.32. The van der Waals surface area contributed by atoms with Crippen LogP contribution in [-0.4, -0.2) is 28.2 Å². The average molecular weight is 292 g/mol. The van der Waals surface area contributed by atoms with E-state index >= 15 is 0 Å². The third-order valence-electron chi connectivity index (χ3n) is 3.94. The summed E-state index contributed by atoms with van der Waals surface area (Å²) in [6.45, 7) is 1.97. The van der Waals surface area contributed by atoms with Gasteiger partial charge in [0, 0.05) is 12.6 Å². The van der Waals surface area contributed by atoms with Crippen molar-refractivity contribution in [3.05, 3.63) is 23.2 Å². The molecule has 5 heteroatoms. The number of carbonyl (C=O) groups excluding carboxylic acids is 1. The molecule has 4 nitrogen and oxygen atoms in total. The maximum atomic E-state index is 12.4. The van der Waals surface area contributed by atoms with Gasteiger partial charge >= 0.3 is 0 Å². The molecule has 0 bridgehead atoms. The second-order valence-electron chi connectivity index (χ2n) is 5.57. The summed E-state index contributed by atoms with van der Waals surface area (Å²) in [5.74, 6) is -0.0822. The molecule has 1 aliphatic rings. The Labute approximate surface area is 122 Å². The number of fused-ring (bicyclic) bond motifs is 1. The largest absolute Gasteiger partial charge is 0.392 e. The molecule has 1 aliphatic carbocycles. The summed E-state index contributed by atoms with van der Waals surface area (Å²) >= 11 is 1.67. The van der Waals surface area contributed by atoms with Crippen molar-refractivity contribution in [3.63, 3.8) is 0 Å². The van der Waals surface area contributed by atoms with Gasteiger partial charge in [0.2, 0.25) is 0 Å². The molecule has 1 saturated carbocycles. The molecule has 2 N–H and O–H groups in total. The van der Waals surface area contributed by atoms with Crippen LogP contribution in [0.2, 0.25) is 0 Å². The lowest BCUT2D eigenvalue weighted by molar-refractivity contribution is 0.0913. The molecule has 0 spiro atoms. The van der Waals surface area contributed by atoms with E-state index in [1.165, 1.54) is 23.1 Å². The van der Waals surface area contributed by atoms with Crippen LogP contribution in [0.5, 0.6) is 0 Å². The maximum absolute atomic E-state index is 12.4. The molecule has 2 aromatic rings. The number of hydrogen-bond acceptors (Lipinski definition) is 3. The summed E-state index contributed by atoms with van der Waals surface area (Å²) in [7, 11) is 0. The fourth-order valence-electron chi connectivity index (χ4n) is 3.01. The van der Waals surface area contributed by atoms with Crippen LogP contribution >= 0.6 is 11.3 Å². The smallest absolute Gasteiger partial charge is 0.268 e. The first-order chi connectivity index (χ1) is 9.66. The Morgan fingerprint density at radius 2 is 2.30 bits per heavy atom. The molecular formula is C15H20N2O2S. The van der Waals surface area contributed by atoms with Gasteiger partial charge in [0.15, 0.2) is 0 Å². The number of thiophene rings is 1. The van der Waals surface area contributed by atoms with Gasteiger partial charge in [-0.1, -0.05) is 12.8 Å². The Morgan fingerprint density at radius 1 is 1.55 bits per heavy atom. The number of amides is 1. The second kappa shape index (κ2) is 5.58. The normalized spacial score (nSPS) is 17.7. The molecule has 0 aromatic carbocycles. The van der Waals surface area contributed by atoms with Gasteiger partial charge in [0.1, 0.15) is 5.69 Å². The van der Waals surface area contributed by atoms with E-state index in [1.54, 1.807) is 18.3 Å². The molecule has 0 saturated heterocycles. The number of rotatable bonds is 4. The molecular weight excluding hydrogens is 272 g/mol. The topological polar surface area (TPSA) is 54.3 Å². The van der Waals surface area contributed by atoms with Crippen LogP contribution in [0, 0.1) is 0 Å². The number of nitrogens with zero attached hydrogens (tertiary/aromatic N) is 1. The summed E-state index contributed by atoms with van der Waals surface area (Å²) in [5.41, 5.74) is 1.91. The minimum absolute atomic E-state index is 0.0822. The van der Waals surface area contributed by atoms with Crippen molar-refractivity contribution in [1.82, 2.24) is 9.88 Å². The highest BCUT2D eigenvalue weighted by Crippen LogP contribution is 2.36. The molecule has 0 radical (unpaired) electrons. The predicted octanol–water partition coefficient (Wildman–Crippen LogP) is 2.93. The molecule has 1 fully saturated rings. The van der Waals surface area contributed by atoms with Crippen molar-refractivity contribution in [1.29, 1.82) is 0 Å². The van der Waals surface area contributed by atoms with Crippen molar-refractivity contribution in [2.45, 2.75) is 44.8 Å². The van der Waals surface area contributed by atoms with Crippen LogP contribution < -0.4 is 5.32 Å². The van der Waals surface area contributed by atoms with Crippen molar-refractivity contribution >= 4 is 27.5 Å². The minimum atomic E-state index is -0.519. The van der Waals surface area contributed by atoms with Crippen LogP contribution in [0.15, 0.2) is 17.5 Å². The summed E-state index contributed by atoms with van der Waals surface area (Å²) in [6, 6.07) is 4.52. The highest BCUT2D eigenvalue weighted by Gasteiger charge is 2.24. The average Bonchev–Trinajstić information content (AvgIpc) is 3.10. The lowest BCUT2D eigenvalue weighted by atomic mass is 10.2. The first kappa shape index (κ1) is 13.6. The fraction of sp³-hybridized carbons (Fsp3) is 0.533. The summed E-state index contributed by atoms with van der Waals surface area (Å²) < 4.78 is 3.37. The maximum Gasteiger partial charge on any atom is 0.268 e. The van der Waals surface area contributed by atoms with Crippen molar-refractivity contribution in [2.24, 2.45) is 0 Å². The van der Waals surface area contributed by atoms with E-state index in [1.807, 2.05) is 6.07 Å². The van der Waals surface area contributed by atoms with Gasteiger partial charge in [-0.25, -0.2) is 0 Å². The minimum Gasteiger partial charge on any atom is -0.392 e. The van der Waals surface area contributed by atoms with E-state index in [9.17, 15) is 9.90 Å². The summed E-state index contributed by atoms with van der Waals surface area (Å²) in [4.78, 5) is 12.4. The van der Waals surface area contributed by atoms with Crippen LogP contribution in [-0.2, 0) is 0 Å². The monoisotopic (exact) mass is 292 g/mol. The number of aliphatic hydroxyl groups excluding tert-OH is 1. The number of aliphatic hydroxyl groups is 1. The SMILES string of the molecule is CC(O)CNC(=O)c1cc2sccc2n1C1CCCC1. The van der Waals surface area contributed by atoms with Crippen molar-refractivity contribution in [2.75, 3.05) is 6.54 Å². The second-order valence-corrected chi connectivity index (χ2v) is 6.51. The highest BCUT2D eigenvalue weighted by atomic mass is 32.1. The third kappa shape index (κ3) is 2.47. The van der Waals surface area contributed by atoms with Gasteiger partial charge < -0.3 is 15.0 Å². The Hall–Kier alpha value is -1.33. The molecule has 3 rings (SSSR count). The van der Waals surface area contributed by atoms with E-state index < -0.39 is 6.10 Å². The van der Waals surface area contributed by atoms with Gasteiger partial charge in [0.25, 0.3) is 5.91 Å². The Kier molecular flexibility index (Phi) is 3.81. The Morgan fingerprint density at radius 3 is 3.00 bits per heavy atom. The van der Waals surface area contributed by atoms with Gasteiger partial charge in [-0.05, 0) is 37.3 Å². The van der Waals surface area contributed by atoms with Crippen LogP contribution in [0.1, 0.15) is 49.1 Å². The first-order valence-electron chi connectivity index (χ1n) is 7.21. The summed E-state index contributed by atoms with van der Waals surface area (Å²) in [5, 5.41) is 14.2. The number of nitrogens with one attached hydrogen (secondary N) is 1. The number of hydrogen-bond donors (Lipinski definition) is 2. The van der Waals surface area contributed by atoms with Crippen molar-refractivity contribution in [3.8, 4) is 0 Å². The number of aromatic nitrogens is 1. The Bertz CT molecular complexity index is 608. The van der Waals surface area contributed by atoms with Crippen LogP contribution in [0.4, 0.5) is 0 Å². The highest BCUT2D eigenvalue weighted by molar-refractivity contribution is 7.17. The number of carbonyl (C=O) groups is 1. The quantitative estimate of drug-likeness (QED) is 0.910. The van der Waals surface area contributed by atoms with Gasteiger partial charge in [0.05, 0.1) is 16.3 Å². The molecule has 1 unspecified atom stereocenters.